The lowest BCUT2D eigenvalue weighted by molar-refractivity contribution is 0.447. The van der Waals surface area contributed by atoms with Gasteiger partial charge in [0.1, 0.15) is 11.6 Å². The van der Waals surface area contributed by atoms with Gasteiger partial charge in [-0.15, -0.1) is 0 Å². The molecule has 1 atom stereocenters. The van der Waals surface area contributed by atoms with Crippen molar-refractivity contribution in [2.75, 3.05) is 35.7 Å². The maximum atomic E-state index is 11.4. The maximum Gasteiger partial charge on any atom is 0.417 e. The minimum atomic E-state index is -0.478. The van der Waals surface area contributed by atoms with Gasteiger partial charge in [-0.05, 0) is 57.1 Å². The normalized spacial score (nSPS) is 16.2. The average Bonchev–Trinajstić information content (AvgIpc) is 3.21. The molecule has 1 fully saturated rings. The van der Waals surface area contributed by atoms with Crippen molar-refractivity contribution < 1.29 is 4.42 Å². The lowest BCUT2D eigenvalue weighted by atomic mass is 10.1. The minimum Gasteiger partial charge on any atom is -0.408 e. The number of H-pyrrole nitrogens is 1. The highest BCUT2D eigenvalue weighted by Gasteiger charge is 2.19. The SMILES string of the molecule is CNC1CCCN(c2ccc(Nc3ncc(C)c(Nc4ccc5oc(=O)[nH]c5c4)n3)cn2)C1. The number of hydrogen-bond acceptors (Lipinski definition) is 9. The van der Waals surface area contributed by atoms with E-state index in [9.17, 15) is 4.79 Å². The Morgan fingerprint density at radius 2 is 2.00 bits per heavy atom. The van der Waals surface area contributed by atoms with Crippen molar-refractivity contribution in [1.82, 2.24) is 25.3 Å². The Hall–Kier alpha value is -3.92. The van der Waals surface area contributed by atoms with Crippen molar-refractivity contribution in [3.8, 4) is 0 Å². The summed E-state index contributed by atoms with van der Waals surface area (Å²) in [5.74, 6) is 1.62. The number of nitrogens with one attached hydrogen (secondary N) is 4. The van der Waals surface area contributed by atoms with Gasteiger partial charge in [0.05, 0.1) is 17.4 Å². The Labute approximate surface area is 190 Å². The van der Waals surface area contributed by atoms with Gasteiger partial charge in [0.15, 0.2) is 5.58 Å². The highest BCUT2D eigenvalue weighted by Crippen LogP contribution is 2.24. The Bertz CT molecular complexity index is 1310. The summed E-state index contributed by atoms with van der Waals surface area (Å²) >= 11 is 0. The number of rotatable bonds is 6. The molecule has 0 spiro atoms. The van der Waals surface area contributed by atoms with Gasteiger partial charge < -0.3 is 25.3 Å². The molecule has 0 aliphatic carbocycles. The molecule has 4 heterocycles. The van der Waals surface area contributed by atoms with Gasteiger partial charge >= 0.3 is 5.76 Å². The average molecular weight is 447 g/mol. The van der Waals surface area contributed by atoms with E-state index in [1.54, 1.807) is 24.5 Å². The van der Waals surface area contributed by atoms with Crippen LogP contribution in [0.2, 0.25) is 0 Å². The van der Waals surface area contributed by atoms with Gasteiger partial charge in [0.2, 0.25) is 5.95 Å². The Kier molecular flexibility index (Phi) is 5.66. The van der Waals surface area contributed by atoms with E-state index >= 15 is 0 Å². The molecule has 1 saturated heterocycles. The molecule has 3 aromatic heterocycles. The summed E-state index contributed by atoms with van der Waals surface area (Å²) in [5.41, 5.74) is 3.61. The zero-order valence-corrected chi connectivity index (χ0v) is 18.6. The van der Waals surface area contributed by atoms with Crippen LogP contribution >= 0.6 is 0 Å². The first-order valence-electron chi connectivity index (χ1n) is 11.0. The predicted octanol–water partition coefficient (Wildman–Crippen LogP) is 3.29. The van der Waals surface area contributed by atoms with Crippen molar-refractivity contribution in [1.29, 1.82) is 0 Å². The second-order valence-electron chi connectivity index (χ2n) is 8.18. The van der Waals surface area contributed by atoms with Crippen LogP contribution in [0.15, 0.2) is 51.9 Å². The summed E-state index contributed by atoms with van der Waals surface area (Å²) in [4.78, 5) is 30.0. The van der Waals surface area contributed by atoms with Crippen molar-refractivity contribution in [3.05, 3.63) is 58.8 Å². The van der Waals surface area contributed by atoms with Gasteiger partial charge in [-0.3, -0.25) is 4.98 Å². The Balaban J connectivity index is 1.30. The highest BCUT2D eigenvalue weighted by molar-refractivity contribution is 5.78. The number of aromatic amines is 1. The lowest BCUT2D eigenvalue weighted by Gasteiger charge is -2.33. The second kappa shape index (κ2) is 8.91. The van der Waals surface area contributed by atoms with Crippen molar-refractivity contribution >= 4 is 40.1 Å². The number of benzene rings is 1. The predicted molar refractivity (Wildman–Crippen MR) is 129 cm³/mol. The van der Waals surface area contributed by atoms with Crippen molar-refractivity contribution in [2.45, 2.75) is 25.8 Å². The Morgan fingerprint density at radius 3 is 2.82 bits per heavy atom. The molecule has 0 radical (unpaired) electrons. The summed E-state index contributed by atoms with van der Waals surface area (Å²) in [6.07, 6.45) is 5.91. The number of nitrogens with zero attached hydrogens (tertiary/aromatic N) is 4. The zero-order chi connectivity index (χ0) is 22.8. The van der Waals surface area contributed by atoms with Gasteiger partial charge in [-0.2, -0.15) is 4.98 Å². The third-order valence-corrected chi connectivity index (χ3v) is 5.81. The Morgan fingerprint density at radius 1 is 1.12 bits per heavy atom. The topological polar surface area (TPSA) is 124 Å². The summed E-state index contributed by atoms with van der Waals surface area (Å²) in [6, 6.07) is 9.88. The van der Waals surface area contributed by atoms with Crippen LogP contribution in [0.1, 0.15) is 18.4 Å². The van der Waals surface area contributed by atoms with E-state index in [2.05, 4.69) is 40.8 Å². The molecule has 10 nitrogen and oxygen atoms in total. The van der Waals surface area contributed by atoms with Crippen LogP contribution < -0.4 is 26.6 Å². The van der Waals surface area contributed by atoms with Crippen LogP contribution in [0.4, 0.5) is 29.0 Å². The van der Waals surface area contributed by atoms with E-state index < -0.39 is 5.76 Å². The van der Waals surface area contributed by atoms with Crippen molar-refractivity contribution in [2.24, 2.45) is 0 Å². The first-order valence-corrected chi connectivity index (χ1v) is 11.0. The molecule has 0 amide bonds. The number of likely N-dealkylation sites (N-methyl/N-ethyl adjacent to an activating group) is 1. The number of oxazole rings is 1. The fourth-order valence-electron chi connectivity index (χ4n) is 3.99. The molecular weight excluding hydrogens is 420 g/mol. The molecule has 1 aromatic carbocycles. The molecule has 170 valence electrons. The summed E-state index contributed by atoms with van der Waals surface area (Å²) in [7, 11) is 2.01. The van der Waals surface area contributed by atoms with Gasteiger partial charge in [0, 0.05) is 36.6 Å². The van der Waals surface area contributed by atoms with E-state index in [0.717, 1.165) is 42.3 Å². The number of pyridine rings is 1. The van der Waals surface area contributed by atoms with Gasteiger partial charge in [0.25, 0.3) is 0 Å². The minimum absolute atomic E-state index is 0.462. The maximum absolute atomic E-state index is 11.4. The monoisotopic (exact) mass is 446 g/mol. The molecule has 0 bridgehead atoms. The van der Waals surface area contributed by atoms with Crippen LogP contribution in [-0.4, -0.2) is 46.1 Å². The summed E-state index contributed by atoms with van der Waals surface area (Å²) in [5, 5.41) is 9.86. The largest absolute Gasteiger partial charge is 0.417 e. The third kappa shape index (κ3) is 4.65. The molecule has 4 N–H and O–H groups in total. The molecule has 0 saturated carbocycles. The van der Waals surface area contributed by atoms with Crippen LogP contribution in [0.3, 0.4) is 0 Å². The van der Waals surface area contributed by atoms with E-state index in [-0.39, 0.29) is 0 Å². The summed E-state index contributed by atoms with van der Waals surface area (Å²) < 4.78 is 5.05. The highest BCUT2D eigenvalue weighted by atomic mass is 16.4. The van der Waals surface area contributed by atoms with Crippen LogP contribution in [0.25, 0.3) is 11.1 Å². The molecule has 5 rings (SSSR count). The molecule has 1 unspecified atom stereocenters. The molecular formula is C23H26N8O2. The number of piperidine rings is 1. The summed E-state index contributed by atoms with van der Waals surface area (Å²) in [6.45, 7) is 3.91. The van der Waals surface area contributed by atoms with E-state index in [4.69, 9.17) is 4.42 Å². The van der Waals surface area contributed by atoms with Gasteiger partial charge in [-0.1, -0.05) is 0 Å². The quantitative estimate of drug-likeness (QED) is 0.353. The number of aromatic nitrogens is 4. The van der Waals surface area contributed by atoms with E-state index in [0.29, 0.717) is 28.9 Å². The van der Waals surface area contributed by atoms with Crippen molar-refractivity contribution in [3.63, 3.8) is 0 Å². The molecule has 10 heteroatoms. The number of fused-ring (bicyclic) bond motifs is 1. The molecule has 1 aliphatic heterocycles. The lowest BCUT2D eigenvalue weighted by Crippen LogP contribution is -2.44. The third-order valence-electron chi connectivity index (χ3n) is 5.81. The van der Waals surface area contributed by atoms with Gasteiger partial charge in [-0.25, -0.2) is 14.8 Å². The first kappa shape index (κ1) is 21.0. The van der Waals surface area contributed by atoms with Crippen LogP contribution in [-0.2, 0) is 0 Å². The molecule has 1 aliphatic rings. The number of aryl methyl sites for hydroxylation is 1. The smallest absolute Gasteiger partial charge is 0.408 e. The number of hydrogen-bond donors (Lipinski definition) is 4. The van der Waals surface area contributed by atoms with E-state index in [1.807, 2.05) is 32.2 Å². The first-order chi connectivity index (χ1) is 16.1. The molecule has 4 aromatic rings. The fourth-order valence-corrected chi connectivity index (χ4v) is 3.99. The van der Waals surface area contributed by atoms with E-state index in [1.165, 1.54) is 6.42 Å². The zero-order valence-electron chi connectivity index (χ0n) is 18.6. The standard InChI is InChI=1S/C23H26N8O2/c1-14-11-26-22(30-21(14)27-15-5-7-19-18(10-15)29-23(32)33-19)28-16-6-8-20(25-12-16)31-9-3-4-17(13-31)24-2/h5-8,10-12,17,24H,3-4,9,13H2,1-2H3,(H,29,32)(H2,26,27,28,30). The number of anilines is 5. The fraction of sp³-hybridized carbons (Fsp3) is 0.304. The van der Waals surface area contributed by atoms with Crippen LogP contribution in [0, 0.1) is 6.92 Å². The molecule has 33 heavy (non-hydrogen) atoms. The second-order valence-corrected chi connectivity index (χ2v) is 8.18. The van der Waals surface area contributed by atoms with Crippen LogP contribution in [0.5, 0.6) is 0 Å².